The molecule has 2 rings (SSSR count). The molecule has 1 N–H and O–H groups in total. The SMILES string of the molecule is CCCOc1cc(NCC2CC2)ccc1[N+](=O)[O-]. The van der Waals surface area contributed by atoms with E-state index in [0.29, 0.717) is 12.4 Å². The maximum atomic E-state index is 10.9. The zero-order valence-corrected chi connectivity index (χ0v) is 10.5. The predicted octanol–water partition coefficient (Wildman–Crippen LogP) is 3.21. The molecule has 1 fully saturated rings. The molecule has 0 bridgehead atoms. The first-order valence-electron chi connectivity index (χ1n) is 6.35. The van der Waals surface area contributed by atoms with Crippen molar-refractivity contribution in [2.45, 2.75) is 26.2 Å². The first-order chi connectivity index (χ1) is 8.70. The molecule has 1 aliphatic carbocycles. The molecule has 5 heteroatoms. The van der Waals surface area contributed by atoms with Crippen LogP contribution in [0.4, 0.5) is 11.4 Å². The number of nitro benzene ring substituents is 1. The van der Waals surface area contributed by atoms with Crippen molar-refractivity contribution in [2.75, 3.05) is 18.5 Å². The van der Waals surface area contributed by atoms with Crippen LogP contribution >= 0.6 is 0 Å². The minimum atomic E-state index is -0.407. The molecule has 1 aromatic rings. The number of hydrogen-bond acceptors (Lipinski definition) is 4. The van der Waals surface area contributed by atoms with Gasteiger partial charge in [0.25, 0.3) is 0 Å². The zero-order chi connectivity index (χ0) is 13.0. The van der Waals surface area contributed by atoms with Gasteiger partial charge in [-0.05, 0) is 31.2 Å². The van der Waals surface area contributed by atoms with E-state index in [1.54, 1.807) is 12.1 Å². The van der Waals surface area contributed by atoms with Gasteiger partial charge in [0.05, 0.1) is 11.5 Å². The lowest BCUT2D eigenvalue weighted by atomic mass is 10.2. The Balaban J connectivity index is 2.08. The molecule has 0 atom stereocenters. The second kappa shape index (κ2) is 5.71. The molecule has 98 valence electrons. The topological polar surface area (TPSA) is 64.4 Å². The highest BCUT2D eigenvalue weighted by molar-refractivity contribution is 5.58. The van der Waals surface area contributed by atoms with Crippen molar-refractivity contribution in [3.8, 4) is 5.75 Å². The van der Waals surface area contributed by atoms with Crippen molar-refractivity contribution in [3.05, 3.63) is 28.3 Å². The predicted molar refractivity (Wildman–Crippen MR) is 70.1 cm³/mol. The maximum Gasteiger partial charge on any atom is 0.311 e. The summed E-state index contributed by atoms with van der Waals surface area (Å²) in [5, 5.41) is 14.2. The van der Waals surface area contributed by atoms with Gasteiger partial charge in [-0.2, -0.15) is 0 Å². The summed E-state index contributed by atoms with van der Waals surface area (Å²) in [4.78, 5) is 10.5. The van der Waals surface area contributed by atoms with Gasteiger partial charge < -0.3 is 10.1 Å². The highest BCUT2D eigenvalue weighted by atomic mass is 16.6. The van der Waals surface area contributed by atoms with E-state index in [1.807, 2.05) is 6.92 Å². The summed E-state index contributed by atoms with van der Waals surface area (Å²) in [7, 11) is 0. The van der Waals surface area contributed by atoms with Crippen LogP contribution in [0.5, 0.6) is 5.75 Å². The van der Waals surface area contributed by atoms with Crippen molar-refractivity contribution in [1.82, 2.24) is 0 Å². The number of benzene rings is 1. The van der Waals surface area contributed by atoms with Crippen molar-refractivity contribution >= 4 is 11.4 Å². The Morgan fingerprint density at radius 3 is 2.89 bits per heavy atom. The van der Waals surface area contributed by atoms with Crippen LogP contribution in [0.3, 0.4) is 0 Å². The third-order valence-electron chi connectivity index (χ3n) is 2.91. The Labute approximate surface area is 106 Å². The van der Waals surface area contributed by atoms with Crippen molar-refractivity contribution < 1.29 is 9.66 Å². The van der Waals surface area contributed by atoms with Crippen molar-refractivity contribution in [2.24, 2.45) is 5.92 Å². The molecule has 1 aliphatic rings. The minimum absolute atomic E-state index is 0.0282. The third kappa shape index (κ3) is 3.35. The van der Waals surface area contributed by atoms with Gasteiger partial charge in [0.1, 0.15) is 0 Å². The van der Waals surface area contributed by atoms with Gasteiger partial charge in [0.15, 0.2) is 5.75 Å². The Kier molecular flexibility index (Phi) is 4.02. The van der Waals surface area contributed by atoms with Crippen molar-refractivity contribution in [3.63, 3.8) is 0 Å². The van der Waals surface area contributed by atoms with E-state index in [9.17, 15) is 10.1 Å². The summed E-state index contributed by atoms with van der Waals surface area (Å²) >= 11 is 0. The van der Waals surface area contributed by atoms with Crippen LogP contribution in [0.2, 0.25) is 0 Å². The highest BCUT2D eigenvalue weighted by Gasteiger charge is 2.21. The number of nitro groups is 1. The Morgan fingerprint density at radius 2 is 2.28 bits per heavy atom. The Hall–Kier alpha value is -1.78. The second-order valence-corrected chi connectivity index (χ2v) is 4.61. The minimum Gasteiger partial charge on any atom is -0.487 e. The van der Waals surface area contributed by atoms with E-state index in [4.69, 9.17) is 4.74 Å². The highest BCUT2D eigenvalue weighted by Crippen LogP contribution is 2.32. The number of nitrogens with one attached hydrogen (secondary N) is 1. The maximum absolute atomic E-state index is 10.9. The van der Waals surface area contributed by atoms with Crippen LogP contribution in [0.1, 0.15) is 26.2 Å². The average Bonchev–Trinajstić information content (AvgIpc) is 3.17. The standard InChI is InChI=1S/C13H18N2O3/c1-2-7-18-13-8-11(14-9-10-3-4-10)5-6-12(13)15(16)17/h5-6,8,10,14H,2-4,7,9H2,1H3. The van der Waals surface area contributed by atoms with Gasteiger partial charge >= 0.3 is 5.69 Å². The molecule has 0 aromatic heterocycles. The summed E-state index contributed by atoms with van der Waals surface area (Å²) < 4.78 is 5.43. The Morgan fingerprint density at radius 1 is 1.50 bits per heavy atom. The fourth-order valence-corrected chi connectivity index (χ4v) is 1.69. The van der Waals surface area contributed by atoms with Crippen LogP contribution in [0, 0.1) is 16.0 Å². The molecule has 1 saturated carbocycles. The van der Waals surface area contributed by atoms with Crippen LogP contribution in [-0.2, 0) is 0 Å². The number of anilines is 1. The number of nitrogens with zero attached hydrogens (tertiary/aromatic N) is 1. The van der Waals surface area contributed by atoms with Gasteiger partial charge in [-0.25, -0.2) is 0 Å². The summed E-state index contributed by atoms with van der Waals surface area (Å²) in [5.41, 5.74) is 0.916. The van der Waals surface area contributed by atoms with E-state index in [-0.39, 0.29) is 5.69 Å². The number of rotatable bonds is 7. The lowest BCUT2D eigenvalue weighted by Gasteiger charge is -2.09. The molecule has 0 radical (unpaired) electrons. The van der Waals surface area contributed by atoms with E-state index in [2.05, 4.69) is 5.32 Å². The quantitative estimate of drug-likeness (QED) is 0.596. The van der Waals surface area contributed by atoms with E-state index < -0.39 is 4.92 Å². The second-order valence-electron chi connectivity index (χ2n) is 4.61. The smallest absolute Gasteiger partial charge is 0.311 e. The molecule has 0 saturated heterocycles. The van der Waals surface area contributed by atoms with Crippen LogP contribution in [0.15, 0.2) is 18.2 Å². The number of hydrogen-bond donors (Lipinski definition) is 1. The first-order valence-corrected chi connectivity index (χ1v) is 6.35. The fourth-order valence-electron chi connectivity index (χ4n) is 1.69. The van der Waals surface area contributed by atoms with Crippen LogP contribution < -0.4 is 10.1 Å². The molecule has 5 nitrogen and oxygen atoms in total. The van der Waals surface area contributed by atoms with Crippen molar-refractivity contribution in [1.29, 1.82) is 0 Å². The summed E-state index contributed by atoms with van der Waals surface area (Å²) in [6, 6.07) is 4.95. The fraction of sp³-hybridized carbons (Fsp3) is 0.538. The lowest BCUT2D eigenvalue weighted by molar-refractivity contribution is -0.385. The third-order valence-corrected chi connectivity index (χ3v) is 2.91. The first kappa shape index (κ1) is 12.7. The van der Waals surface area contributed by atoms with Gasteiger partial charge in [0, 0.05) is 24.4 Å². The molecule has 0 spiro atoms. The molecular formula is C13H18N2O3. The molecule has 0 aliphatic heterocycles. The molecule has 1 aromatic carbocycles. The zero-order valence-electron chi connectivity index (χ0n) is 10.5. The average molecular weight is 250 g/mol. The Bertz CT molecular complexity index is 430. The summed E-state index contributed by atoms with van der Waals surface area (Å²) in [5.74, 6) is 1.11. The van der Waals surface area contributed by atoms with E-state index in [1.165, 1.54) is 18.9 Å². The van der Waals surface area contributed by atoms with Crippen LogP contribution in [0.25, 0.3) is 0 Å². The van der Waals surface area contributed by atoms with Crippen LogP contribution in [-0.4, -0.2) is 18.1 Å². The van der Waals surface area contributed by atoms with E-state index >= 15 is 0 Å². The van der Waals surface area contributed by atoms with Gasteiger partial charge in [-0.15, -0.1) is 0 Å². The molecule has 0 amide bonds. The van der Waals surface area contributed by atoms with Gasteiger partial charge in [0.2, 0.25) is 0 Å². The van der Waals surface area contributed by atoms with E-state index in [0.717, 1.165) is 24.6 Å². The molecular weight excluding hydrogens is 232 g/mol. The molecule has 18 heavy (non-hydrogen) atoms. The molecule has 0 unspecified atom stereocenters. The summed E-state index contributed by atoms with van der Waals surface area (Å²) in [6.45, 7) is 3.40. The van der Waals surface area contributed by atoms with Gasteiger partial charge in [-0.3, -0.25) is 10.1 Å². The monoisotopic (exact) mass is 250 g/mol. The normalized spacial score (nSPS) is 14.3. The number of ether oxygens (including phenoxy) is 1. The largest absolute Gasteiger partial charge is 0.487 e. The van der Waals surface area contributed by atoms with Gasteiger partial charge in [-0.1, -0.05) is 6.92 Å². The summed E-state index contributed by atoms with van der Waals surface area (Å²) in [6.07, 6.45) is 3.38. The lowest BCUT2D eigenvalue weighted by Crippen LogP contribution is -2.05. The molecule has 0 heterocycles.